The molecule has 4 nitrogen and oxygen atoms in total. The third-order valence-corrected chi connectivity index (χ3v) is 4.79. The van der Waals surface area contributed by atoms with Crippen LogP contribution >= 0.6 is 0 Å². The van der Waals surface area contributed by atoms with Crippen LogP contribution in [-0.4, -0.2) is 15.5 Å². The summed E-state index contributed by atoms with van der Waals surface area (Å²) in [5.74, 6) is 0.218. The van der Waals surface area contributed by atoms with Gasteiger partial charge in [-0.05, 0) is 41.5 Å². The number of sulfonamides is 1. The smallest absolute Gasteiger partial charge is 0.241 e. The molecule has 0 spiro atoms. The molecule has 6 heteroatoms. The highest BCUT2D eigenvalue weighted by Crippen LogP contribution is 2.36. The van der Waals surface area contributed by atoms with Crippen molar-refractivity contribution in [3.8, 4) is 5.75 Å². The fourth-order valence-corrected chi connectivity index (χ4v) is 3.75. The number of hydrogen-bond donors (Lipinski definition) is 1. The van der Waals surface area contributed by atoms with E-state index in [0.717, 1.165) is 11.6 Å². The highest BCUT2D eigenvalue weighted by atomic mass is 32.2. The zero-order valence-electron chi connectivity index (χ0n) is 10.6. The van der Waals surface area contributed by atoms with Crippen LogP contribution in [0.4, 0.5) is 4.39 Å². The Morgan fingerprint density at radius 1 is 1.15 bits per heavy atom. The average Bonchev–Trinajstić information content (AvgIpc) is 2.70. The maximum atomic E-state index is 13.4. The van der Waals surface area contributed by atoms with Crippen LogP contribution in [0.5, 0.6) is 5.75 Å². The second kappa shape index (κ2) is 4.57. The van der Waals surface area contributed by atoms with Gasteiger partial charge in [0.1, 0.15) is 11.6 Å². The van der Waals surface area contributed by atoms with Crippen LogP contribution < -0.4 is 9.46 Å². The molecule has 1 atom stereocenters. The minimum atomic E-state index is -3.58. The number of nitrogens with one attached hydrogen (secondary N) is 1. The molecule has 20 heavy (non-hydrogen) atoms. The van der Waals surface area contributed by atoms with Crippen molar-refractivity contribution in [1.29, 1.82) is 0 Å². The normalized spacial score (nSPS) is 19.6. The van der Waals surface area contributed by atoms with Crippen LogP contribution in [0.25, 0.3) is 0 Å². The van der Waals surface area contributed by atoms with Crippen LogP contribution in [0.3, 0.4) is 0 Å². The van der Waals surface area contributed by atoms with E-state index >= 15 is 0 Å². The van der Waals surface area contributed by atoms with E-state index in [1.807, 2.05) is 0 Å². The maximum absolute atomic E-state index is 13.4. The lowest BCUT2D eigenvalue weighted by molar-refractivity contribution is 0.414. The Labute approximate surface area is 116 Å². The van der Waals surface area contributed by atoms with E-state index in [9.17, 15) is 12.8 Å². The first-order valence-electron chi connectivity index (χ1n) is 5.97. The second-order valence-corrected chi connectivity index (χ2v) is 6.19. The van der Waals surface area contributed by atoms with Gasteiger partial charge in [-0.15, -0.1) is 0 Å². The van der Waals surface area contributed by atoms with E-state index in [2.05, 4.69) is 4.72 Å². The van der Waals surface area contributed by atoms with Crippen molar-refractivity contribution in [1.82, 2.24) is 4.72 Å². The molecule has 3 rings (SSSR count). The van der Waals surface area contributed by atoms with Crippen LogP contribution in [0.1, 0.15) is 17.2 Å². The van der Waals surface area contributed by atoms with Crippen LogP contribution in [0.2, 0.25) is 0 Å². The lowest BCUT2D eigenvalue weighted by atomic mass is 9.99. The maximum Gasteiger partial charge on any atom is 0.241 e. The first-order valence-corrected chi connectivity index (χ1v) is 7.45. The summed E-state index contributed by atoms with van der Waals surface area (Å²) in [6.45, 7) is 0. The summed E-state index contributed by atoms with van der Waals surface area (Å²) < 4.78 is 45.0. The summed E-state index contributed by atoms with van der Waals surface area (Å²) in [4.78, 5) is 0.125. The molecule has 1 aliphatic rings. The Hall–Kier alpha value is -1.92. The van der Waals surface area contributed by atoms with E-state index < -0.39 is 21.9 Å². The first kappa shape index (κ1) is 13.1. The van der Waals surface area contributed by atoms with Gasteiger partial charge in [0, 0.05) is 0 Å². The van der Waals surface area contributed by atoms with Gasteiger partial charge in [0.05, 0.1) is 18.0 Å². The zero-order valence-corrected chi connectivity index (χ0v) is 11.4. The number of benzene rings is 2. The Morgan fingerprint density at radius 2 is 1.85 bits per heavy atom. The predicted octanol–water partition coefficient (Wildman–Crippen LogP) is 2.22. The van der Waals surface area contributed by atoms with Crippen molar-refractivity contribution in [2.75, 3.05) is 7.11 Å². The minimum absolute atomic E-state index is 0.125. The molecule has 0 amide bonds. The van der Waals surface area contributed by atoms with Crippen LogP contribution in [0.15, 0.2) is 47.4 Å². The molecule has 0 aliphatic carbocycles. The van der Waals surface area contributed by atoms with E-state index in [1.54, 1.807) is 31.4 Å². The van der Waals surface area contributed by atoms with Crippen LogP contribution in [-0.2, 0) is 10.0 Å². The van der Waals surface area contributed by atoms with Gasteiger partial charge in [-0.1, -0.05) is 12.1 Å². The van der Waals surface area contributed by atoms with E-state index in [-0.39, 0.29) is 4.90 Å². The van der Waals surface area contributed by atoms with Gasteiger partial charge in [0.15, 0.2) is 0 Å². The quantitative estimate of drug-likeness (QED) is 0.923. The predicted molar refractivity (Wildman–Crippen MR) is 71.6 cm³/mol. The Balaban J connectivity index is 2.10. The molecule has 1 aliphatic heterocycles. The number of halogens is 1. The fraction of sp³-hybridized carbons (Fsp3) is 0.143. The molecule has 0 saturated heterocycles. The van der Waals surface area contributed by atoms with Crippen molar-refractivity contribution in [3.05, 3.63) is 59.4 Å². The third-order valence-electron chi connectivity index (χ3n) is 3.29. The monoisotopic (exact) mass is 293 g/mol. The lowest BCUT2D eigenvalue weighted by Crippen LogP contribution is -2.20. The molecule has 0 unspecified atom stereocenters. The number of fused-ring (bicyclic) bond motifs is 1. The van der Waals surface area contributed by atoms with Gasteiger partial charge in [0.2, 0.25) is 10.0 Å². The third kappa shape index (κ3) is 2.07. The summed E-state index contributed by atoms with van der Waals surface area (Å²) in [6.07, 6.45) is 0. The SMILES string of the molecule is COc1ccc([C@H]2NS(=O)(=O)c3ccc(F)cc32)cc1. The van der Waals surface area contributed by atoms with E-state index in [0.29, 0.717) is 11.3 Å². The van der Waals surface area contributed by atoms with E-state index in [4.69, 9.17) is 4.74 Å². The van der Waals surface area contributed by atoms with Gasteiger partial charge in [-0.25, -0.2) is 12.8 Å². The molecule has 2 aromatic carbocycles. The molecule has 0 bridgehead atoms. The van der Waals surface area contributed by atoms with Crippen molar-refractivity contribution in [2.24, 2.45) is 0 Å². The molecule has 0 saturated carbocycles. The van der Waals surface area contributed by atoms with E-state index in [1.165, 1.54) is 12.1 Å². The topological polar surface area (TPSA) is 55.4 Å². The summed E-state index contributed by atoms with van der Waals surface area (Å²) >= 11 is 0. The van der Waals surface area contributed by atoms with Crippen LogP contribution in [0, 0.1) is 5.82 Å². The van der Waals surface area contributed by atoms with Gasteiger partial charge < -0.3 is 4.74 Å². The van der Waals surface area contributed by atoms with Crippen molar-refractivity contribution in [2.45, 2.75) is 10.9 Å². The molecule has 1 heterocycles. The number of rotatable bonds is 2. The molecule has 1 N–H and O–H groups in total. The Bertz CT molecular complexity index is 756. The Kier molecular flexibility index (Phi) is 2.99. The standard InChI is InChI=1S/C14H12FNO3S/c1-19-11-5-2-9(3-6-11)14-12-8-10(15)4-7-13(12)20(17,18)16-14/h2-8,14,16H,1H3/t14-/m1/s1. The van der Waals surface area contributed by atoms with Gasteiger partial charge >= 0.3 is 0 Å². The number of ether oxygens (including phenoxy) is 1. The summed E-state index contributed by atoms with van der Waals surface area (Å²) in [7, 11) is -2.03. The summed E-state index contributed by atoms with van der Waals surface area (Å²) in [5, 5.41) is 0. The minimum Gasteiger partial charge on any atom is -0.497 e. The molecular weight excluding hydrogens is 281 g/mol. The molecule has 0 aromatic heterocycles. The van der Waals surface area contributed by atoms with Gasteiger partial charge in [0.25, 0.3) is 0 Å². The number of hydrogen-bond acceptors (Lipinski definition) is 3. The van der Waals surface area contributed by atoms with Crippen molar-refractivity contribution in [3.63, 3.8) is 0 Å². The number of methoxy groups -OCH3 is 1. The average molecular weight is 293 g/mol. The second-order valence-electron chi connectivity index (χ2n) is 4.51. The molecule has 104 valence electrons. The zero-order chi connectivity index (χ0) is 14.3. The van der Waals surface area contributed by atoms with Crippen molar-refractivity contribution < 1.29 is 17.5 Å². The fourth-order valence-electron chi connectivity index (χ4n) is 2.32. The van der Waals surface area contributed by atoms with Gasteiger partial charge in [-0.2, -0.15) is 4.72 Å². The Morgan fingerprint density at radius 3 is 2.50 bits per heavy atom. The summed E-state index contributed by atoms with van der Waals surface area (Å²) in [6, 6.07) is 10.1. The molecule has 0 radical (unpaired) electrons. The largest absolute Gasteiger partial charge is 0.497 e. The first-order chi connectivity index (χ1) is 9.51. The molecule has 0 fully saturated rings. The van der Waals surface area contributed by atoms with Gasteiger partial charge in [-0.3, -0.25) is 0 Å². The highest BCUT2D eigenvalue weighted by Gasteiger charge is 2.35. The lowest BCUT2D eigenvalue weighted by Gasteiger charge is -2.11. The molecule has 2 aromatic rings. The van der Waals surface area contributed by atoms with Crippen molar-refractivity contribution >= 4 is 10.0 Å². The molecular formula is C14H12FNO3S. The summed E-state index contributed by atoms with van der Waals surface area (Å²) in [5.41, 5.74) is 1.16. The highest BCUT2D eigenvalue weighted by molar-refractivity contribution is 7.89.